The van der Waals surface area contributed by atoms with Crippen LogP contribution in [0.2, 0.25) is 0 Å². The molecule has 1 amide bonds. The lowest BCUT2D eigenvalue weighted by Crippen LogP contribution is -2.36. The summed E-state index contributed by atoms with van der Waals surface area (Å²) in [4.78, 5) is 13.1. The Kier molecular flexibility index (Phi) is 5.25. The highest BCUT2D eigenvalue weighted by Gasteiger charge is 2.23. The molecule has 1 aliphatic rings. The molecule has 0 aromatic rings. The molecule has 0 radical (unpaired) electrons. The summed E-state index contributed by atoms with van der Waals surface area (Å²) in [7, 11) is 1.95. The summed E-state index contributed by atoms with van der Waals surface area (Å²) in [5.74, 6) is 0.164. The van der Waals surface area contributed by atoms with Crippen LogP contribution in [0, 0.1) is 0 Å². The Bertz CT molecular complexity index is 148. The second-order valence-corrected chi connectivity index (χ2v) is 3.17. The minimum Gasteiger partial charge on any atom is -0.352 e. The van der Waals surface area contributed by atoms with Gasteiger partial charge in [0, 0.05) is 6.04 Å². The van der Waals surface area contributed by atoms with E-state index in [1.165, 1.54) is 12.8 Å². The van der Waals surface area contributed by atoms with Crippen LogP contribution >= 0.6 is 12.4 Å². The van der Waals surface area contributed by atoms with E-state index in [4.69, 9.17) is 0 Å². The van der Waals surface area contributed by atoms with Crippen LogP contribution in [0.4, 0.5) is 0 Å². The summed E-state index contributed by atoms with van der Waals surface area (Å²) in [6.45, 7) is 3.51. The SMILES string of the molecule is CCN(C)CC(=O)NC1CC1.Cl. The maximum absolute atomic E-state index is 11.1. The number of nitrogens with one attached hydrogen (secondary N) is 1. The van der Waals surface area contributed by atoms with Crippen molar-refractivity contribution >= 4 is 18.3 Å². The lowest BCUT2D eigenvalue weighted by Gasteiger charge is -2.12. The first-order chi connectivity index (χ1) is 5.22. The van der Waals surface area contributed by atoms with Gasteiger partial charge in [-0.1, -0.05) is 6.92 Å². The fourth-order valence-electron chi connectivity index (χ4n) is 0.858. The summed E-state index contributed by atoms with van der Waals surface area (Å²) in [6.07, 6.45) is 2.34. The van der Waals surface area contributed by atoms with Crippen LogP contribution < -0.4 is 5.32 Å². The average Bonchev–Trinajstić information content (AvgIpc) is 2.71. The van der Waals surface area contributed by atoms with Crippen LogP contribution in [0.5, 0.6) is 0 Å². The van der Waals surface area contributed by atoms with Gasteiger partial charge in [0.15, 0.2) is 0 Å². The molecule has 0 heterocycles. The quantitative estimate of drug-likeness (QED) is 0.709. The summed E-state index contributed by atoms with van der Waals surface area (Å²) in [5, 5.41) is 2.94. The zero-order valence-corrected chi connectivity index (χ0v) is 8.49. The van der Waals surface area contributed by atoms with E-state index < -0.39 is 0 Å². The van der Waals surface area contributed by atoms with Gasteiger partial charge < -0.3 is 5.32 Å². The molecule has 1 aliphatic carbocycles. The predicted octanol–water partition coefficient (Wildman–Crippen LogP) is 0.638. The van der Waals surface area contributed by atoms with E-state index in [1.807, 2.05) is 18.9 Å². The van der Waals surface area contributed by atoms with Crippen LogP contribution in [0.15, 0.2) is 0 Å². The van der Waals surface area contributed by atoms with Gasteiger partial charge in [0.25, 0.3) is 0 Å². The minimum absolute atomic E-state index is 0. The van der Waals surface area contributed by atoms with E-state index in [2.05, 4.69) is 5.32 Å². The van der Waals surface area contributed by atoms with Gasteiger partial charge in [-0.2, -0.15) is 0 Å². The van der Waals surface area contributed by atoms with Crippen molar-refractivity contribution in [3.8, 4) is 0 Å². The normalized spacial score (nSPS) is 15.6. The lowest BCUT2D eigenvalue weighted by atomic mass is 10.5. The predicted molar refractivity (Wildman–Crippen MR) is 51.6 cm³/mol. The van der Waals surface area contributed by atoms with Crippen molar-refractivity contribution in [2.45, 2.75) is 25.8 Å². The summed E-state index contributed by atoms with van der Waals surface area (Å²) in [5.41, 5.74) is 0. The third-order valence-corrected chi connectivity index (χ3v) is 1.90. The molecular weight excluding hydrogens is 176 g/mol. The Morgan fingerprint density at radius 3 is 2.58 bits per heavy atom. The number of rotatable bonds is 4. The molecule has 0 aromatic carbocycles. The van der Waals surface area contributed by atoms with E-state index >= 15 is 0 Å². The number of hydrogen-bond acceptors (Lipinski definition) is 2. The van der Waals surface area contributed by atoms with E-state index in [0.717, 1.165) is 6.54 Å². The van der Waals surface area contributed by atoms with Gasteiger partial charge in [0.2, 0.25) is 5.91 Å². The largest absolute Gasteiger partial charge is 0.352 e. The zero-order chi connectivity index (χ0) is 8.27. The van der Waals surface area contributed by atoms with Gasteiger partial charge >= 0.3 is 0 Å². The van der Waals surface area contributed by atoms with Crippen LogP contribution in [-0.4, -0.2) is 37.0 Å². The van der Waals surface area contributed by atoms with Crippen molar-refractivity contribution in [1.29, 1.82) is 0 Å². The Morgan fingerprint density at radius 2 is 2.17 bits per heavy atom. The number of likely N-dealkylation sites (N-methyl/N-ethyl adjacent to an activating group) is 1. The van der Waals surface area contributed by atoms with Crippen LogP contribution in [-0.2, 0) is 4.79 Å². The van der Waals surface area contributed by atoms with Crippen LogP contribution in [0.1, 0.15) is 19.8 Å². The molecule has 1 saturated carbocycles. The number of halogens is 1. The molecule has 72 valence electrons. The van der Waals surface area contributed by atoms with E-state index in [0.29, 0.717) is 12.6 Å². The molecule has 0 aliphatic heterocycles. The highest BCUT2D eigenvalue weighted by atomic mass is 35.5. The summed E-state index contributed by atoms with van der Waals surface area (Å²) >= 11 is 0. The average molecular weight is 193 g/mol. The Hall–Kier alpha value is -0.280. The molecule has 0 unspecified atom stereocenters. The van der Waals surface area contributed by atoms with Crippen LogP contribution in [0.3, 0.4) is 0 Å². The Balaban J connectivity index is 0.00000121. The smallest absolute Gasteiger partial charge is 0.234 e. The first kappa shape index (κ1) is 11.7. The van der Waals surface area contributed by atoms with Crippen molar-refractivity contribution < 1.29 is 4.79 Å². The molecular formula is C8H17ClN2O. The number of amides is 1. The van der Waals surface area contributed by atoms with Gasteiger partial charge in [0.05, 0.1) is 6.54 Å². The van der Waals surface area contributed by atoms with E-state index in [1.54, 1.807) is 0 Å². The van der Waals surface area contributed by atoms with Crippen molar-refractivity contribution in [2.24, 2.45) is 0 Å². The molecule has 0 saturated heterocycles. The molecule has 1 rings (SSSR count). The number of hydrogen-bond donors (Lipinski definition) is 1. The van der Waals surface area contributed by atoms with Crippen molar-refractivity contribution in [3.63, 3.8) is 0 Å². The summed E-state index contributed by atoms with van der Waals surface area (Å²) in [6, 6.07) is 0.493. The lowest BCUT2D eigenvalue weighted by molar-refractivity contribution is -0.122. The molecule has 1 fully saturated rings. The third kappa shape index (κ3) is 4.57. The summed E-state index contributed by atoms with van der Waals surface area (Å²) < 4.78 is 0. The molecule has 0 spiro atoms. The van der Waals surface area contributed by atoms with Crippen molar-refractivity contribution in [1.82, 2.24) is 10.2 Å². The van der Waals surface area contributed by atoms with E-state index in [9.17, 15) is 4.79 Å². The molecule has 1 N–H and O–H groups in total. The van der Waals surface area contributed by atoms with Crippen molar-refractivity contribution in [2.75, 3.05) is 20.1 Å². The van der Waals surface area contributed by atoms with E-state index in [-0.39, 0.29) is 18.3 Å². The fourth-order valence-corrected chi connectivity index (χ4v) is 0.858. The van der Waals surface area contributed by atoms with Gasteiger partial charge in [-0.15, -0.1) is 12.4 Å². The number of carbonyl (C=O) groups excluding carboxylic acids is 1. The fraction of sp³-hybridized carbons (Fsp3) is 0.875. The Labute approximate surface area is 79.9 Å². The first-order valence-corrected chi connectivity index (χ1v) is 4.20. The molecule has 0 bridgehead atoms. The topological polar surface area (TPSA) is 32.3 Å². The maximum Gasteiger partial charge on any atom is 0.234 e. The van der Waals surface area contributed by atoms with Gasteiger partial charge in [-0.25, -0.2) is 0 Å². The first-order valence-electron chi connectivity index (χ1n) is 4.20. The second-order valence-electron chi connectivity index (χ2n) is 3.17. The molecule has 3 nitrogen and oxygen atoms in total. The maximum atomic E-state index is 11.1. The molecule has 12 heavy (non-hydrogen) atoms. The van der Waals surface area contributed by atoms with Crippen molar-refractivity contribution in [3.05, 3.63) is 0 Å². The minimum atomic E-state index is 0. The third-order valence-electron chi connectivity index (χ3n) is 1.90. The highest BCUT2D eigenvalue weighted by molar-refractivity contribution is 5.85. The van der Waals surface area contributed by atoms with Crippen LogP contribution in [0.25, 0.3) is 0 Å². The second kappa shape index (κ2) is 5.38. The highest BCUT2D eigenvalue weighted by Crippen LogP contribution is 2.18. The Morgan fingerprint density at radius 1 is 1.58 bits per heavy atom. The molecule has 0 atom stereocenters. The number of carbonyl (C=O) groups is 1. The molecule has 4 heteroatoms. The van der Waals surface area contributed by atoms with Gasteiger partial charge in [-0.3, -0.25) is 9.69 Å². The zero-order valence-electron chi connectivity index (χ0n) is 7.67. The van der Waals surface area contributed by atoms with Gasteiger partial charge in [0.1, 0.15) is 0 Å². The van der Waals surface area contributed by atoms with Gasteiger partial charge in [-0.05, 0) is 26.4 Å². The standard InChI is InChI=1S/C8H16N2O.ClH/c1-3-10(2)6-8(11)9-7-4-5-7;/h7H,3-6H2,1-2H3,(H,9,11);1H. The molecule has 0 aromatic heterocycles. The monoisotopic (exact) mass is 192 g/mol. The number of nitrogens with zero attached hydrogens (tertiary/aromatic N) is 1.